The number of benzene rings is 1. The monoisotopic (exact) mass is 343 g/mol. The van der Waals surface area contributed by atoms with Gasteiger partial charge < -0.3 is 4.40 Å². The van der Waals surface area contributed by atoms with Crippen molar-refractivity contribution in [3.05, 3.63) is 65.2 Å². The lowest BCUT2D eigenvalue weighted by atomic mass is 10.2. The Morgan fingerprint density at radius 3 is 2.62 bits per heavy atom. The van der Waals surface area contributed by atoms with Gasteiger partial charge in [0.25, 0.3) is 15.9 Å². The fraction of sp³-hybridized carbons (Fsp3) is 0.176. The van der Waals surface area contributed by atoms with E-state index in [9.17, 15) is 13.2 Å². The normalized spacial score (nSPS) is 11.6. The van der Waals surface area contributed by atoms with Gasteiger partial charge in [-0.05, 0) is 50.1 Å². The van der Waals surface area contributed by atoms with Crippen LogP contribution in [-0.4, -0.2) is 23.7 Å². The minimum absolute atomic E-state index is 0.0852. The molecule has 24 heavy (non-hydrogen) atoms. The number of aromatic nitrogens is 2. The molecule has 2 aromatic heterocycles. The molecule has 0 saturated carbocycles. The van der Waals surface area contributed by atoms with E-state index in [0.29, 0.717) is 16.9 Å². The number of hydrogen-bond donors (Lipinski definition) is 1. The van der Waals surface area contributed by atoms with Crippen molar-refractivity contribution in [2.75, 3.05) is 0 Å². The number of sulfonamides is 1. The van der Waals surface area contributed by atoms with Crippen LogP contribution in [0.2, 0.25) is 0 Å². The maximum atomic E-state index is 12.6. The number of rotatable bonds is 3. The quantitative estimate of drug-likeness (QED) is 0.792. The Labute approximate surface area is 140 Å². The predicted octanol–water partition coefficient (Wildman–Crippen LogP) is 2.38. The smallest absolute Gasteiger partial charge is 0.285 e. The van der Waals surface area contributed by atoms with Crippen LogP contribution in [0.1, 0.15) is 27.4 Å². The van der Waals surface area contributed by atoms with Crippen LogP contribution in [0.3, 0.4) is 0 Å². The van der Waals surface area contributed by atoms with Crippen molar-refractivity contribution in [2.24, 2.45) is 0 Å². The van der Waals surface area contributed by atoms with Gasteiger partial charge in [-0.25, -0.2) is 18.1 Å². The average molecular weight is 343 g/mol. The zero-order chi connectivity index (χ0) is 17.5. The summed E-state index contributed by atoms with van der Waals surface area (Å²) in [4.78, 5) is 16.8. The molecule has 2 heterocycles. The van der Waals surface area contributed by atoms with E-state index in [1.165, 1.54) is 0 Å². The Balaban J connectivity index is 2.00. The molecule has 7 heteroatoms. The SMILES string of the molecule is Cc1ccc(C)c(S(=O)(=O)NC(=O)c2nc(C)n3ccccc23)c1. The minimum atomic E-state index is -3.97. The maximum Gasteiger partial charge on any atom is 0.285 e. The lowest BCUT2D eigenvalue weighted by Crippen LogP contribution is -2.31. The summed E-state index contributed by atoms with van der Waals surface area (Å²) >= 11 is 0. The van der Waals surface area contributed by atoms with E-state index in [1.807, 2.05) is 12.1 Å². The van der Waals surface area contributed by atoms with Crippen molar-refractivity contribution < 1.29 is 13.2 Å². The van der Waals surface area contributed by atoms with Crippen LogP contribution in [0.4, 0.5) is 0 Å². The first-order valence-corrected chi connectivity index (χ1v) is 8.86. The second-order valence-corrected chi connectivity index (χ2v) is 7.32. The van der Waals surface area contributed by atoms with Gasteiger partial charge in [0.05, 0.1) is 10.4 Å². The molecule has 0 unspecified atom stereocenters. The predicted molar refractivity (Wildman–Crippen MR) is 90.5 cm³/mol. The molecule has 1 amide bonds. The molecule has 0 atom stereocenters. The van der Waals surface area contributed by atoms with Crippen molar-refractivity contribution in [3.8, 4) is 0 Å². The summed E-state index contributed by atoms with van der Waals surface area (Å²) in [5, 5.41) is 0. The highest BCUT2D eigenvalue weighted by Crippen LogP contribution is 2.18. The van der Waals surface area contributed by atoms with E-state index in [1.54, 1.807) is 55.6 Å². The highest BCUT2D eigenvalue weighted by Gasteiger charge is 2.24. The fourth-order valence-corrected chi connectivity index (χ4v) is 3.86. The number of nitrogens with zero attached hydrogens (tertiary/aromatic N) is 2. The lowest BCUT2D eigenvalue weighted by Gasteiger charge is -2.09. The van der Waals surface area contributed by atoms with Gasteiger partial charge in [-0.15, -0.1) is 0 Å². The van der Waals surface area contributed by atoms with Crippen molar-refractivity contribution in [1.82, 2.24) is 14.1 Å². The number of carbonyl (C=O) groups is 1. The number of aryl methyl sites for hydroxylation is 3. The lowest BCUT2D eigenvalue weighted by molar-refractivity contribution is 0.0978. The molecule has 124 valence electrons. The molecular weight excluding hydrogens is 326 g/mol. The Hall–Kier alpha value is -2.67. The number of hydrogen-bond acceptors (Lipinski definition) is 4. The zero-order valence-electron chi connectivity index (χ0n) is 13.6. The van der Waals surface area contributed by atoms with Gasteiger partial charge in [-0.3, -0.25) is 4.79 Å². The number of amides is 1. The van der Waals surface area contributed by atoms with Crippen LogP contribution >= 0.6 is 0 Å². The zero-order valence-corrected chi connectivity index (χ0v) is 14.4. The molecule has 0 aliphatic carbocycles. The summed E-state index contributed by atoms with van der Waals surface area (Å²) in [6.45, 7) is 5.24. The van der Waals surface area contributed by atoms with Crippen LogP contribution in [0, 0.1) is 20.8 Å². The van der Waals surface area contributed by atoms with E-state index in [0.717, 1.165) is 5.56 Å². The van der Waals surface area contributed by atoms with Gasteiger partial charge in [-0.1, -0.05) is 18.2 Å². The van der Waals surface area contributed by atoms with Crippen LogP contribution in [0.5, 0.6) is 0 Å². The molecule has 0 fully saturated rings. The van der Waals surface area contributed by atoms with E-state index in [4.69, 9.17) is 0 Å². The molecule has 0 spiro atoms. The Bertz CT molecular complexity index is 1050. The van der Waals surface area contributed by atoms with Gasteiger partial charge in [-0.2, -0.15) is 0 Å². The highest BCUT2D eigenvalue weighted by atomic mass is 32.2. The first-order chi connectivity index (χ1) is 11.3. The van der Waals surface area contributed by atoms with E-state index in [2.05, 4.69) is 9.71 Å². The Kier molecular flexibility index (Phi) is 3.88. The Morgan fingerprint density at radius 2 is 1.88 bits per heavy atom. The highest BCUT2D eigenvalue weighted by molar-refractivity contribution is 7.90. The molecule has 1 N–H and O–H groups in total. The first-order valence-electron chi connectivity index (χ1n) is 7.38. The van der Waals surface area contributed by atoms with Gasteiger partial charge in [0, 0.05) is 6.20 Å². The molecule has 6 nitrogen and oxygen atoms in total. The third kappa shape index (κ3) is 2.78. The summed E-state index contributed by atoms with van der Waals surface area (Å²) in [5.74, 6) is -0.132. The van der Waals surface area contributed by atoms with Gasteiger partial charge in [0.2, 0.25) is 0 Å². The van der Waals surface area contributed by atoms with Gasteiger partial charge in [0.15, 0.2) is 5.69 Å². The summed E-state index contributed by atoms with van der Waals surface area (Å²) in [6.07, 6.45) is 1.77. The summed E-state index contributed by atoms with van der Waals surface area (Å²) in [7, 11) is -3.97. The molecule has 0 aliphatic heterocycles. The summed E-state index contributed by atoms with van der Waals surface area (Å²) < 4.78 is 29.0. The standard InChI is InChI=1S/C17H17N3O3S/c1-11-7-8-12(2)15(10-11)24(22,23)19-17(21)16-14-6-4-5-9-20(14)13(3)18-16/h4-10H,1-3H3,(H,19,21). The van der Waals surface area contributed by atoms with Gasteiger partial charge >= 0.3 is 0 Å². The van der Waals surface area contributed by atoms with Crippen molar-refractivity contribution in [1.29, 1.82) is 0 Å². The second kappa shape index (κ2) is 5.76. The van der Waals surface area contributed by atoms with Crippen molar-refractivity contribution >= 4 is 21.4 Å². The number of imidazole rings is 1. The van der Waals surface area contributed by atoms with E-state index < -0.39 is 15.9 Å². The molecular formula is C17H17N3O3S. The third-order valence-electron chi connectivity index (χ3n) is 3.80. The largest absolute Gasteiger partial charge is 0.303 e. The number of carbonyl (C=O) groups excluding carboxylic acids is 1. The van der Waals surface area contributed by atoms with Gasteiger partial charge in [0.1, 0.15) is 5.82 Å². The van der Waals surface area contributed by atoms with Crippen molar-refractivity contribution in [2.45, 2.75) is 25.7 Å². The number of pyridine rings is 1. The second-order valence-electron chi connectivity index (χ2n) is 5.67. The average Bonchev–Trinajstić information content (AvgIpc) is 2.87. The minimum Gasteiger partial charge on any atom is -0.303 e. The molecule has 0 aliphatic rings. The molecule has 0 bridgehead atoms. The summed E-state index contributed by atoms with van der Waals surface area (Å²) in [6, 6.07) is 10.4. The van der Waals surface area contributed by atoms with E-state index in [-0.39, 0.29) is 10.6 Å². The molecule has 0 radical (unpaired) electrons. The molecule has 3 aromatic rings. The van der Waals surface area contributed by atoms with Crippen LogP contribution in [0.25, 0.3) is 5.52 Å². The Morgan fingerprint density at radius 1 is 1.12 bits per heavy atom. The maximum absolute atomic E-state index is 12.6. The molecule has 3 rings (SSSR count). The van der Waals surface area contributed by atoms with Crippen LogP contribution < -0.4 is 4.72 Å². The molecule has 1 aromatic carbocycles. The third-order valence-corrected chi connectivity index (χ3v) is 5.27. The number of fused-ring (bicyclic) bond motifs is 1. The summed E-state index contributed by atoms with van der Waals surface area (Å²) in [5.41, 5.74) is 2.02. The van der Waals surface area contributed by atoms with Crippen LogP contribution in [0.15, 0.2) is 47.5 Å². The molecule has 0 saturated heterocycles. The van der Waals surface area contributed by atoms with E-state index >= 15 is 0 Å². The fourth-order valence-electron chi connectivity index (χ4n) is 2.58. The number of nitrogens with one attached hydrogen (secondary N) is 1. The van der Waals surface area contributed by atoms with Crippen LogP contribution in [-0.2, 0) is 10.0 Å². The topological polar surface area (TPSA) is 80.5 Å². The first kappa shape index (κ1) is 16.2. The van der Waals surface area contributed by atoms with Crippen molar-refractivity contribution in [3.63, 3.8) is 0 Å².